The van der Waals surface area contributed by atoms with Gasteiger partial charge >= 0.3 is 0 Å². The second-order valence-corrected chi connectivity index (χ2v) is 6.12. The summed E-state index contributed by atoms with van der Waals surface area (Å²) in [6.45, 7) is 2.07. The first kappa shape index (κ1) is 21.3. The molecule has 0 rings (SSSR count). The van der Waals surface area contributed by atoms with Crippen molar-refractivity contribution in [1.29, 1.82) is 0 Å². The number of amides is 2. The molecule has 6 nitrogen and oxygen atoms in total. The predicted octanol–water partition coefficient (Wildman–Crippen LogP) is -0.124. The number of nitrogens with one attached hydrogen (secondary N) is 2. The van der Waals surface area contributed by atoms with E-state index in [0.717, 1.165) is 11.5 Å². The molecule has 0 radical (unpaired) electrons. The Morgan fingerprint density at radius 2 is 1.21 bits per heavy atom. The SMILES string of the molecule is Br.NCCC(=O)NCCSSCCNC(=O)CCN. The lowest BCUT2D eigenvalue weighted by Crippen LogP contribution is -2.28. The van der Waals surface area contributed by atoms with Crippen molar-refractivity contribution < 1.29 is 9.59 Å². The first-order valence-corrected chi connectivity index (χ1v) is 8.37. The van der Waals surface area contributed by atoms with Gasteiger partial charge in [0.1, 0.15) is 0 Å². The second-order valence-electron chi connectivity index (χ2n) is 3.42. The Balaban J connectivity index is 0. The largest absolute Gasteiger partial charge is 0.355 e. The highest BCUT2D eigenvalue weighted by molar-refractivity contribution is 8.93. The van der Waals surface area contributed by atoms with Crippen LogP contribution in [0.2, 0.25) is 0 Å². The standard InChI is InChI=1S/C10H22N4O2S2.BrH/c11-3-1-9(15)13-5-7-17-18-8-6-14-10(16)2-4-12;/h1-8,11-12H2,(H,13,15)(H,14,16);1H. The van der Waals surface area contributed by atoms with E-state index in [1.54, 1.807) is 21.6 Å². The van der Waals surface area contributed by atoms with Gasteiger partial charge in [-0.05, 0) is 0 Å². The quantitative estimate of drug-likeness (QED) is 0.296. The van der Waals surface area contributed by atoms with E-state index in [9.17, 15) is 9.59 Å². The molecule has 9 heteroatoms. The van der Waals surface area contributed by atoms with E-state index in [1.165, 1.54) is 0 Å². The zero-order valence-corrected chi connectivity index (χ0v) is 14.2. The molecular formula is C10H23BrN4O2S2. The zero-order valence-electron chi connectivity index (χ0n) is 10.9. The molecular weight excluding hydrogens is 352 g/mol. The number of hydrogen-bond acceptors (Lipinski definition) is 6. The Kier molecular flexibility index (Phi) is 18.1. The van der Waals surface area contributed by atoms with Crippen LogP contribution in [0.5, 0.6) is 0 Å². The van der Waals surface area contributed by atoms with Crippen LogP contribution in [0.3, 0.4) is 0 Å². The van der Waals surface area contributed by atoms with Crippen LogP contribution in [0.25, 0.3) is 0 Å². The van der Waals surface area contributed by atoms with E-state index in [0.29, 0.717) is 39.0 Å². The van der Waals surface area contributed by atoms with Gasteiger partial charge in [0.15, 0.2) is 0 Å². The molecule has 0 atom stereocenters. The molecule has 0 aromatic carbocycles. The highest BCUT2D eigenvalue weighted by atomic mass is 79.9. The van der Waals surface area contributed by atoms with Crippen molar-refractivity contribution in [2.45, 2.75) is 12.8 Å². The molecule has 0 aliphatic heterocycles. The van der Waals surface area contributed by atoms with Crippen LogP contribution < -0.4 is 22.1 Å². The van der Waals surface area contributed by atoms with Crippen molar-refractivity contribution in [3.8, 4) is 0 Å². The Morgan fingerprint density at radius 1 is 0.842 bits per heavy atom. The number of nitrogens with two attached hydrogens (primary N) is 2. The molecule has 114 valence electrons. The monoisotopic (exact) mass is 374 g/mol. The minimum Gasteiger partial charge on any atom is -0.355 e. The van der Waals surface area contributed by atoms with Gasteiger partial charge in [-0.2, -0.15) is 0 Å². The molecule has 19 heavy (non-hydrogen) atoms. The molecule has 0 aromatic heterocycles. The van der Waals surface area contributed by atoms with Crippen LogP contribution in [0.1, 0.15) is 12.8 Å². The minimum absolute atomic E-state index is 0. The van der Waals surface area contributed by atoms with E-state index in [2.05, 4.69) is 10.6 Å². The molecule has 0 spiro atoms. The highest BCUT2D eigenvalue weighted by Crippen LogP contribution is 2.19. The minimum atomic E-state index is -0.00264. The summed E-state index contributed by atoms with van der Waals surface area (Å²) < 4.78 is 0. The molecule has 0 aromatic rings. The van der Waals surface area contributed by atoms with Gasteiger partial charge in [0.25, 0.3) is 0 Å². The fourth-order valence-electron chi connectivity index (χ4n) is 1.02. The average Bonchev–Trinajstić information content (AvgIpc) is 2.33. The van der Waals surface area contributed by atoms with Crippen molar-refractivity contribution in [2.24, 2.45) is 11.5 Å². The summed E-state index contributed by atoms with van der Waals surface area (Å²) in [5.41, 5.74) is 10.5. The molecule has 2 amide bonds. The van der Waals surface area contributed by atoms with Crippen LogP contribution in [-0.2, 0) is 9.59 Å². The van der Waals surface area contributed by atoms with Gasteiger partial charge in [-0.1, -0.05) is 21.6 Å². The first-order valence-electron chi connectivity index (χ1n) is 5.88. The molecule has 0 fully saturated rings. The molecule has 6 N–H and O–H groups in total. The van der Waals surface area contributed by atoms with Gasteiger partial charge in [0.05, 0.1) is 0 Å². The van der Waals surface area contributed by atoms with E-state index in [4.69, 9.17) is 11.5 Å². The van der Waals surface area contributed by atoms with Crippen molar-refractivity contribution in [2.75, 3.05) is 37.7 Å². The third-order valence-electron chi connectivity index (χ3n) is 1.84. The first-order chi connectivity index (χ1) is 8.70. The highest BCUT2D eigenvalue weighted by Gasteiger charge is 1.99. The molecule has 0 aliphatic carbocycles. The molecule has 0 saturated carbocycles. The fraction of sp³-hybridized carbons (Fsp3) is 0.800. The van der Waals surface area contributed by atoms with Crippen molar-refractivity contribution in [1.82, 2.24) is 10.6 Å². The van der Waals surface area contributed by atoms with Crippen LogP contribution in [0.4, 0.5) is 0 Å². The maximum absolute atomic E-state index is 11.0. The average molecular weight is 375 g/mol. The lowest BCUT2D eigenvalue weighted by atomic mass is 10.4. The lowest BCUT2D eigenvalue weighted by Gasteiger charge is -2.05. The van der Waals surface area contributed by atoms with Gasteiger partial charge in [-0.15, -0.1) is 17.0 Å². The van der Waals surface area contributed by atoms with Gasteiger partial charge in [0.2, 0.25) is 11.8 Å². The van der Waals surface area contributed by atoms with Crippen molar-refractivity contribution >= 4 is 50.4 Å². The summed E-state index contributed by atoms with van der Waals surface area (Å²) >= 11 is 0. The smallest absolute Gasteiger partial charge is 0.221 e. The fourth-order valence-corrected chi connectivity index (χ4v) is 2.83. The van der Waals surface area contributed by atoms with Gasteiger partial charge < -0.3 is 22.1 Å². The van der Waals surface area contributed by atoms with Crippen LogP contribution in [0.15, 0.2) is 0 Å². The third-order valence-corrected chi connectivity index (χ3v) is 4.25. The Morgan fingerprint density at radius 3 is 1.53 bits per heavy atom. The molecule has 0 unspecified atom stereocenters. The molecule has 0 bridgehead atoms. The summed E-state index contributed by atoms with van der Waals surface area (Å²) in [4.78, 5) is 22.1. The van der Waals surface area contributed by atoms with Gasteiger partial charge in [-0.25, -0.2) is 0 Å². The summed E-state index contributed by atoms with van der Waals surface area (Å²) in [5, 5.41) is 5.55. The molecule has 0 aliphatic rings. The number of rotatable bonds is 11. The Hall–Kier alpha value is 0.0400. The number of carbonyl (C=O) groups is 2. The summed E-state index contributed by atoms with van der Waals surface area (Å²) in [5.74, 6) is 1.68. The third kappa shape index (κ3) is 16.0. The van der Waals surface area contributed by atoms with Crippen LogP contribution in [0, 0.1) is 0 Å². The molecule has 0 saturated heterocycles. The molecule has 0 heterocycles. The number of hydrogen-bond donors (Lipinski definition) is 4. The zero-order chi connectivity index (χ0) is 13.6. The number of halogens is 1. The Bertz CT molecular complexity index is 224. The topological polar surface area (TPSA) is 110 Å². The normalized spacial score (nSPS) is 9.58. The summed E-state index contributed by atoms with van der Waals surface area (Å²) in [7, 11) is 3.35. The summed E-state index contributed by atoms with van der Waals surface area (Å²) in [6, 6.07) is 0. The van der Waals surface area contributed by atoms with E-state index < -0.39 is 0 Å². The predicted molar refractivity (Wildman–Crippen MR) is 88.6 cm³/mol. The van der Waals surface area contributed by atoms with E-state index in [1.807, 2.05) is 0 Å². The van der Waals surface area contributed by atoms with Gasteiger partial charge in [-0.3, -0.25) is 9.59 Å². The van der Waals surface area contributed by atoms with Crippen molar-refractivity contribution in [3.05, 3.63) is 0 Å². The van der Waals surface area contributed by atoms with Crippen LogP contribution >= 0.6 is 38.6 Å². The summed E-state index contributed by atoms with van der Waals surface area (Å²) in [6.07, 6.45) is 0.760. The Labute approximate surface area is 132 Å². The van der Waals surface area contributed by atoms with E-state index in [-0.39, 0.29) is 28.8 Å². The van der Waals surface area contributed by atoms with Gasteiger partial charge in [0, 0.05) is 50.5 Å². The van der Waals surface area contributed by atoms with Crippen LogP contribution in [-0.4, -0.2) is 49.5 Å². The second kappa shape index (κ2) is 16.1. The lowest BCUT2D eigenvalue weighted by molar-refractivity contribution is -0.121. The van der Waals surface area contributed by atoms with E-state index >= 15 is 0 Å². The van der Waals surface area contributed by atoms with Crippen molar-refractivity contribution in [3.63, 3.8) is 0 Å². The maximum Gasteiger partial charge on any atom is 0.221 e. The maximum atomic E-state index is 11.0. The number of carbonyl (C=O) groups excluding carboxylic acids is 2.